The molecular weight excluding hydrogens is 362 g/mol. The van der Waals surface area contributed by atoms with Gasteiger partial charge in [-0.2, -0.15) is 5.10 Å². The van der Waals surface area contributed by atoms with Crippen LogP contribution in [0, 0.1) is 31.6 Å². The molecule has 4 aliphatic carbocycles. The van der Waals surface area contributed by atoms with Crippen LogP contribution < -0.4 is 4.74 Å². The van der Waals surface area contributed by atoms with Crippen molar-refractivity contribution in [2.45, 2.75) is 64.6 Å². The highest BCUT2D eigenvalue weighted by Crippen LogP contribution is 2.57. The van der Waals surface area contributed by atoms with Crippen molar-refractivity contribution in [1.29, 1.82) is 0 Å². The molecule has 1 amide bonds. The molecule has 29 heavy (non-hydrogen) atoms. The van der Waals surface area contributed by atoms with Crippen LogP contribution in [0.5, 0.6) is 5.75 Å². The van der Waals surface area contributed by atoms with E-state index in [-0.39, 0.29) is 11.4 Å². The molecule has 1 heterocycles. The number of nitrogens with zero attached hydrogens (tertiary/aromatic N) is 3. The Labute approximate surface area is 173 Å². The van der Waals surface area contributed by atoms with E-state index in [4.69, 9.17) is 4.74 Å². The van der Waals surface area contributed by atoms with Gasteiger partial charge in [-0.15, -0.1) is 0 Å². The van der Waals surface area contributed by atoms with Crippen LogP contribution in [-0.2, 0) is 6.73 Å². The summed E-state index contributed by atoms with van der Waals surface area (Å²) in [6.45, 7) is 4.42. The van der Waals surface area contributed by atoms with Gasteiger partial charge in [0.2, 0.25) is 0 Å². The minimum atomic E-state index is 0.0529. The molecule has 5 heteroatoms. The zero-order valence-corrected chi connectivity index (χ0v) is 17.7. The minimum Gasteiger partial charge on any atom is -0.471 e. The summed E-state index contributed by atoms with van der Waals surface area (Å²) < 4.78 is 7.59. The number of aryl methyl sites for hydroxylation is 2. The van der Waals surface area contributed by atoms with Gasteiger partial charge in [-0.25, -0.2) is 4.68 Å². The second-order valence-electron chi connectivity index (χ2n) is 9.84. The molecule has 0 spiro atoms. The highest BCUT2D eigenvalue weighted by molar-refractivity contribution is 5.92. The molecule has 6 rings (SSSR count). The number of carbonyl (C=O) groups is 1. The molecule has 1 aromatic carbocycles. The van der Waals surface area contributed by atoms with Gasteiger partial charge in [0.15, 0.2) is 12.4 Å². The topological polar surface area (TPSA) is 47.4 Å². The summed E-state index contributed by atoms with van der Waals surface area (Å²) in [5, 5.41) is 4.52. The Balaban J connectivity index is 1.27. The fourth-order valence-corrected chi connectivity index (χ4v) is 6.57. The first-order chi connectivity index (χ1) is 13.9. The Morgan fingerprint density at radius 3 is 2.28 bits per heavy atom. The van der Waals surface area contributed by atoms with Gasteiger partial charge in [-0.05, 0) is 99.5 Å². The zero-order chi connectivity index (χ0) is 20.2. The van der Waals surface area contributed by atoms with Gasteiger partial charge in [0.25, 0.3) is 5.91 Å². The molecule has 4 fully saturated rings. The summed E-state index contributed by atoms with van der Waals surface area (Å²) in [6, 6.07) is 7.98. The number of hydrogen-bond acceptors (Lipinski definition) is 3. The first kappa shape index (κ1) is 18.7. The van der Waals surface area contributed by atoms with E-state index in [1.54, 1.807) is 4.68 Å². The molecule has 0 aliphatic heterocycles. The first-order valence-electron chi connectivity index (χ1n) is 10.9. The lowest BCUT2D eigenvalue weighted by molar-refractivity contribution is -0.0667. The molecule has 0 saturated heterocycles. The largest absolute Gasteiger partial charge is 0.471 e. The van der Waals surface area contributed by atoms with E-state index in [1.807, 2.05) is 36.3 Å². The predicted molar refractivity (Wildman–Crippen MR) is 112 cm³/mol. The summed E-state index contributed by atoms with van der Waals surface area (Å²) in [4.78, 5) is 15.3. The fourth-order valence-electron chi connectivity index (χ4n) is 6.57. The third-order valence-electron chi connectivity index (χ3n) is 7.44. The van der Waals surface area contributed by atoms with Gasteiger partial charge in [-0.3, -0.25) is 4.79 Å². The van der Waals surface area contributed by atoms with Crippen molar-refractivity contribution in [1.82, 2.24) is 14.7 Å². The molecular formula is C24H31N3O2. The van der Waals surface area contributed by atoms with Crippen LogP contribution in [0.4, 0.5) is 0 Å². The lowest BCUT2D eigenvalue weighted by atomic mass is 9.52. The summed E-state index contributed by atoms with van der Waals surface area (Å²) >= 11 is 0. The molecule has 154 valence electrons. The van der Waals surface area contributed by atoms with E-state index in [1.165, 1.54) is 49.7 Å². The molecule has 2 aromatic rings. The van der Waals surface area contributed by atoms with Crippen molar-refractivity contribution in [3.8, 4) is 5.75 Å². The summed E-state index contributed by atoms with van der Waals surface area (Å²) in [6.07, 6.45) is 9.51. The van der Waals surface area contributed by atoms with Crippen LogP contribution >= 0.6 is 0 Å². The number of ether oxygens (including phenoxy) is 1. The third-order valence-corrected chi connectivity index (χ3v) is 7.44. The Bertz CT molecular complexity index is 876. The van der Waals surface area contributed by atoms with Gasteiger partial charge in [-0.1, -0.05) is 6.07 Å². The van der Waals surface area contributed by atoms with Crippen LogP contribution in [0.3, 0.4) is 0 Å². The lowest BCUT2D eigenvalue weighted by Crippen LogP contribution is -2.60. The monoisotopic (exact) mass is 393 g/mol. The molecule has 0 atom stereocenters. The Morgan fingerprint density at radius 1 is 1.10 bits per heavy atom. The van der Waals surface area contributed by atoms with Crippen molar-refractivity contribution >= 4 is 5.91 Å². The second-order valence-corrected chi connectivity index (χ2v) is 9.84. The normalized spacial score (nSPS) is 29.8. The van der Waals surface area contributed by atoms with E-state index in [2.05, 4.69) is 25.0 Å². The average Bonchev–Trinajstić information content (AvgIpc) is 3.12. The maximum atomic E-state index is 13.2. The number of hydrogen-bond donors (Lipinski definition) is 0. The van der Waals surface area contributed by atoms with E-state index >= 15 is 0 Å². The van der Waals surface area contributed by atoms with E-state index in [0.717, 1.165) is 23.5 Å². The molecule has 4 aliphatic rings. The van der Waals surface area contributed by atoms with Crippen molar-refractivity contribution in [2.24, 2.45) is 17.8 Å². The maximum absolute atomic E-state index is 13.2. The number of rotatable bonds is 5. The van der Waals surface area contributed by atoms with Crippen LogP contribution in [0.15, 0.2) is 30.5 Å². The van der Waals surface area contributed by atoms with Crippen molar-refractivity contribution in [3.05, 3.63) is 47.3 Å². The van der Waals surface area contributed by atoms with Gasteiger partial charge >= 0.3 is 0 Å². The summed E-state index contributed by atoms with van der Waals surface area (Å²) in [5.41, 5.74) is 2.93. The van der Waals surface area contributed by atoms with Gasteiger partial charge in [0.1, 0.15) is 5.75 Å². The van der Waals surface area contributed by atoms with Crippen LogP contribution in [0.2, 0.25) is 0 Å². The van der Waals surface area contributed by atoms with E-state index in [0.29, 0.717) is 12.4 Å². The summed E-state index contributed by atoms with van der Waals surface area (Å²) in [7, 11) is 2.00. The quantitative estimate of drug-likeness (QED) is 0.747. The van der Waals surface area contributed by atoms with E-state index in [9.17, 15) is 4.79 Å². The number of aromatic nitrogens is 2. The van der Waals surface area contributed by atoms with Crippen LogP contribution in [-0.4, -0.2) is 33.2 Å². The smallest absolute Gasteiger partial charge is 0.274 e. The molecule has 4 saturated carbocycles. The van der Waals surface area contributed by atoms with Crippen molar-refractivity contribution in [3.63, 3.8) is 0 Å². The Hall–Kier alpha value is -2.30. The lowest BCUT2D eigenvalue weighted by Gasteiger charge is -2.59. The van der Waals surface area contributed by atoms with Gasteiger partial charge in [0, 0.05) is 18.8 Å². The average molecular weight is 394 g/mol. The molecule has 5 nitrogen and oxygen atoms in total. The predicted octanol–water partition coefficient (Wildman–Crippen LogP) is 4.58. The van der Waals surface area contributed by atoms with Gasteiger partial charge in [0.05, 0.1) is 0 Å². The summed E-state index contributed by atoms with van der Waals surface area (Å²) in [5.74, 6) is 3.34. The van der Waals surface area contributed by atoms with Crippen LogP contribution in [0.25, 0.3) is 0 Å². The molecule has 1 aromatic heterocycles. The standard InChI is InChI=1S/C24H31N3O2/c1-16-6-17(2)8-21(7-16)29-15-27-5-4-22(25-27)23(28)26(3)24-12-18-9-19(13-24)11-20(10-18)14-24/h4-8,18-20H,9-15H2,1-3H3. The maximum Gasteiger partial charge on any atom is 0.274 e. The highest BCUT2D eigenvalue weighted by atomic mass is 16.5. The van der Waals surface area contributed by atoms with Crippen LogP contribution in [0.1, 0.15) is 60.1 Å². The number of carbonyl (C=O) groups excluding carboxylic acids is 1. The van der Waals surface area contributed by atoms with E-state index < -0.39 is 0 Å². The zero-order valence-electron chi connectivity index (χ0n) is 17.7. The third kappa shape index (κ3) is 3.45. The highest BCUT2D eigenvalue weighted by Gasteiger charge is 2.53. The molecule has 0 radical (unpaired) electrons. The molecule has 0 N–H and O–H groups in total. The number of amides is 1. The second kappa shape index (κ2) is 6.89. The minimum absolute atomic E-state index is 0.0529. The first-order valence-corrected chi connectivity index (χ1v) is 10.9. The Morgan fingerprint density at radius 2 is 1.69 bits per heavy atom. The SMILES string of the molecule is Cc1cc(C)cc(OCn2ccc(C(=O)N(C)C34CC5CC(CC(C5)C3)C4)n2)c1. The number of benzene rings is 1. The Kier molecular flexibility index (Phi) is 4.45. The van der Waals surface area contributed by atoms with Crippen molar-refractivity contribution < 1.29 is 9.53 Å². The fraction of sp³-hybridized carbons (Fsp3) is 0.583. The molecule has 4 bridgehead atoms. The van der Waals surface area contributed by atoms with Gasteiger partial charge < -0.3 is 9.64 Å². The molecule has 0 unspecified atom stereocenters. The van der Waals surface area contributed by atoms with Crippen molar-refractivity contribution in [2.75, 3.05) is 7.05 Å².